The molecule has 0 saturated carbocycles. The van der Waals surface area contributed by atoms with Crippen molar-refractivity contribution in [1.82, 2.24) is 20.2 Å². The number of tetrazole rings is 1. The zero-order valence-corrected chi connectivity index (χ0v) is 12.0. The lowest BCUT2D eigenvalue weighted by Crippen LogP contribution is -2.05. The molecule has 0 aliphatic carbocycles. The summed E-state index contributed by atoms with van der Waals surface area (Å²) >= 11 is 6.13. The molecule has 0 aliphatic rings. The third-order valence-electron chi connectivity index (χ3n) is 3.24. The summed E-state index contributed by atoms with van der Waals surface area (Å²) in [7, 11) is 0. The molecule has 2 aromatic carbocycles. The molecule has 1 heterocycles. The number of hydrogen-bond donors (Lipinski definition) is 0. The minimum Gasteiger partial charge on any atom is -0.207 e. The van der Waals surface area contributed by atoms with Crippen LogP contribution in [0.25, 0.3) is 5.69 Å². The van der Waals surface area contributed by atoms with Gasteiger partial charge in [0.25, 0.3) is 0 Å². The molecule has 1 aromatic heterocycles. The van der Waals surface area contributed by atoms with E-state index in [1.807, 2.05) is 19.1 Å². The molecule has 106 valence electrons. The molecule has 0 bridgehead atoms. The molecule has 6 heteroatoms. The van der Waals surface area contributed by atoms with Gasteiger partial charge in [-0.25, -0.2) is 4.39 Å². The van der Waals surface area contributed by atoms with Gasteiger partial charge in [0.05, 0.1) is 5.69 Å². The van der Waals surface area contributed by atoms with Crippen molar-refractivity contribution < 1.29 is 4.39 Å². The molecule has 0 saturated heterocycles. The summed E-state index contributed by atoms with van der Waals surface area (Å²) in [6.07, 6.45) is 0.311. The third-order valence-corrected chi connectivity index (χ3v) is 3.65. The van der Waals surface area contributed by atoms with E-state index in [2.05, 4.69) is 15.5 Å². The fraction of sp³-hybridized carbons (Fsp3) is 0.133. The molecular formula is C15H12ClFN4. The van der Waals surface area contributed by atoms with Crippen LogP contribution >= 0.6 is 11.6 Å². The van der Waals surface area contributed by atoms with E-state index >= 15 is 0 Å². The van der Waals surface area contributed by atoms with Crippen molar-refractivity contribution in [3.05, 3.63) is 70.3 Å². The highest BCUT2D eigenvalue weighted by atomic mass is 35.5. The van der Waals surface area contributed by atoms with Crippen LogP contribution in [-0.4, -0.2) is 20.2 Å². The Bertz CT molecular complexity index is 785. The second-order valence-electron chi connectivity index (χ2n) is 4.71. The van der Waals surface area contributed by atoms with Crippen LogP contribution in [0.4, 0.5) is 4.39 Å². The Labute approximate surface area is 126 Å². The van der Waals surface area contributed by atoms with Crippen LogP contribution in [0.5, 0.6) is 0 Å². The fourth-order valence-electron chi connectivity index (χ4n) is 2.04. The van der Waals surface area contributed by atoms with E-state index in [9.17, 15) is 4.39 Å². The number of hydrogen-bond acceptors (Lipinski definition) is 3. The van der Waals surface area contributed by atoms with Gasteiger partial charge in [0.2, 0.25) is 0 Å². The maximum Gasteiger partial charge on any atom is 0.161 e. The van der Waals surface area contributed by atoms with E-state index in [4.69, 9.17) is 11.6 Å². The average Bonchev–Trinajstić information content (AvgIpc) is 2.93. The monoisotopic (exact) mass is 302 g/mol. The van der Waals surface area contributed by atoms with Gasteiger partial charge in [-0.15, -0.1) is 5.10 Å². The SMILES string of the molecule is Cc1ccc(-n2nnnc2Cc2ccccc2F)cc1Cl. The van der Waals surface area contributed by atoms with E-state index in [1.165, 1.54) is 6.07 Å². The Hall–Kier alpha value is -2.27. The Kier molecular flexibility index (Phi) is 3.66. The molecule has 3 rings (SSSR count). The van der Waals surface area contributed by atoms with E-state index < -0.39 is 0 Å². The lowest BCUT2D eigenvalue weighted by Gasteiger charge is -2.07. The Balaban J connectivity index is 1.97. The Morgan fingerprint density at radius 2 is 2.00 bits per heavy atom. The highest BCUT2D eigenvalue weighted by Gasteiger charge is 2.12. The summed E-state index contributed by atoms with van der Waals surface area (Å²) in [5.74, 6) is 0.286. The van der Waals surface area contributed by atoms with E-state index in [0.29, 0.717) is 22.8 Å². The Morgan fingerprint density at radius 1 is 1.19 bits per heavy atom. The molecule has 4 nitrogen and oxygen atoms in total. The van der Waals surface area contributed by atoms with E-state index in [-0.39, 0.29) is 5.82 Å². The van der Waals surface area contributed by atoms with Crippen LogP contribution in [0.1, 0.15) is 17.0 Å². The van der Waals surface area contributed by atoms with Gasteiger partial charge in [-0.2, -0.15) is 4.68 Å². The molecule has 0 spiro atoms. The number of benzene rings is 2. The maximum absolute atomic E-state index is 13.7. The molecule has 0 aliphatic heterocycles. The van der Waals surface area contributed by atoms with Crippen molar-refractivity contribution in [2.75, 3.05) is 0 Å². The van der Waals surface area contributed by atoms with Crippen LogP contribution in [0, 0.1) is 12.7 Å². The lowest BCUT2D eigenvalue weighted by molar-refractivity contribution is 0.610. The van der Waals surface area contributed by atoms with Crippen molar-refractivity contribution in [2.24, 2.45) is 0 Å². The second kappa shape index (κ2) is 5.61. The van der Waals surface area contributed by atoms with Crippen LogP contribution in [0.15, 0.2) is 42.5 Å². The predicted octanol–water partition coefficient (Wildman–Crippen LogP) is 3.35. The van der Waals surface area contributed by atoms with Crippen LogP contribution in [-0.2, 0) is 6.42 Å². The topological polar surface area (TPSA) is 43.6 Å². The summed E-state index contributed by atoms with van der Waals surface area (Å²) in [5.41, 5.74) is 2.28. The van der Waals surface area contributed by atoms with E-state index in [1.54, 1.807) is 28.9 Å². The maximum atomic E-state index is 13.7. The molecular weight excluding hydrogens is 291 g/mol. The number of aromatic nitrogens is 4. The molecule has 0 N–H and O–H groups in total. The first-order valence-corrected chi connectivity index (χ1v) is 6.80. The largest absolute Gasteiger partial charge is 0.207 e. The molecule has 3 aromatic rings. The van der Waals surface area contributed by atoms with Gasteiger partial charge >= 0.3 is 0 Å². The van der Waals surface area contributed by atoms with Gasteiger partial charge in [-0.3, -0.25) is 0 Å². The first-order valence-electron chi connectivity index (χ1n) is 6.42. The number of rotatable bonds is 3. The summed E-state index contributed by atoms with van der Waals surface area (Å²) in [6.45, 7) is 1.92. The molecule has 0 atom stereocenters. The minimum atomic E-state index is -0.269. The lowest BCUT2D eigenvalue weighted by atomic mass is 10.1. The highest BCUT2D eigenvalue weighted by molar-refractivity contribution is 6.31. The van der Waals surface area contributed by atoms with Crippen molar-refractivity contribution in [2.45, 2.75) is 13.3 Å². The van der Waals surface area contributed by atoms with Crippen LogP contribution in [0.3, 0.4) is 0 Å². The molecule has 0 unspecified atom stereocenters. The van der Waals surface area contributed by atoms with Crippen LogP contribution < -0.4 is 0 Å². The first-order chi connectivity index (χ1) is 10.1. The second-order valence-corrected chi connectivity index (χ2v) is 5.12. The number of nitrogens with zero attached hydrogens (tertiary/aromatic N) is 4. The zero-order chi connectivity index (χ0) is 14.8. The summed E-state index contributed by atoms with van der Waals surface area (Å²) in [6, 6.07) is 12.1. The zero-order valence-electron chi connectivity index (χ0n) is 11.3. The normalized spacial score (nSPS) is 10.8. The van der Waals surface area contributed by atoms with Crippen molar-refractivity contribution in [3.8, 4) is 5.69 Å². The highest BCUT2D eigenvalue weighted by Crippen LogP contribution is 2.20. The minimum absolute atomic E-state index is 0.269. The average molecular weight is 303 g/mol. The molecule has 0 radical (unpaired) electrons. The van der Waals surface area contributed by atoms with Gasteiger partial charge in [-0.05, 0) is 46.7 Å². The Morgan fingerprint density at radius 3 is 2.76 bits per heavy atom. The predicted molar refractivity (Wildman–Crippen MR) is 78.1 cm³/mol. The summed E-state index contributed by atoms with van der Waals surface area (Å²) in [5, 5.41) is 12.2. The van der Waals surface area contributed by atoms with Gasteiger partial charge in [0.15, 0.2) is 5.82 Å². The first kappa shape index (κ1) is 13.7. The smallest absolute Gasteiger partial charge is 0.161 e. The number of halogens is 2. The summed E-state index contributed by atoms with van der Waals surface area (Å²) in [4.78, 5) is 0. The number of aryl methyl sites for hydroxylation is 1. The van der Waals surface area contributed by atoms with Gasteiger partial charge in [-0.1, -0.05) is 35.9 Å². The van der Waals surface area contributed by atoms with E-state index in [0.717, 1.165) is 11.3 Å². The van der Waals surface area contributed by atoms with Crippen LogP contribution in [0.2, 0.25) is 5.02 Å². The molecule has 0 fully saturated rings. The summed E-state index contributed by atoms with van der Waals surface area (Å²) < 4.78 is 15.3. The van der Waals surface area contributed by atoms with Crippen molar-refractivity contribution >= 4 is 11.6 Å². The van der Waals surface area contributed by atoms with Gasteiger partial charge in [0, 0.05) is 11.4 Å². The molecule has 21 heavy (non-hydrogen) atoms. The van der Waals surface area contributed by atoms with Gasteiger partial charge < -0.3 is 0 Å². The van der Waals surface area contributed by atoms with Crippen molar-refractivity contribution in [1.29, 1.82) is 0 Å². The van der Waals surface area contributed by atoms with Gasteiger partial charge in [0.1, 0.15) is 5.82 Å². The molecule has 0 amide bonds. The van der Waals surface area contributed by atoms with Crippen molar-refractivity contribution in [3.63, 3.8) is 0 Å². The standard InChI is InChI=1S/C15H12ClFN4/c1-10-6-7-12(9-13(10)16)21-15(18-19-20-21)8-11-4-2-3-5-14(11)17/h2-7,9H,8H2,1H3. The quantitative estimate of drug-likeness (QED) is 0.745. The fourth-order valence-corrected chi connectivity index (χ4v) is 2.22. The third kappa shape index (κ3) is 2.78.